The van der Waals surface area contributed by atoms with Crippen LogP contribution in [0.15, 0.2) is 11.9 Å². The second-order valence-corrected chi connectivity index (χ2v) is 0.929. The fourth-order valence-corrected chi connectivity index (χ4v) is 0.130. The topological polar surface area (TPSA) is 81.1 Å². The van der Waals surface area contributed by atoms with Gasteiger partial charge in [-0.2, -0.15) is 0 Å². The van der Waals surface area contributed by atoms with Crippen molar-refractivity contribution in [3.05, 3.63) is 11.9 Å². The van der Waals surface area contributed by atoms with Crippen molar-refractivity contribution in [1.29, 1.82) is 0 Å². The molecule has 40 valence electrons. The molecule has 0 saturated carbocycles. The molecule has 0 aliphatic carbocycles. The van der Waals surface area contributed by atoms with Crippen molar-refractivity contribution in [3.8, 4) is 0 Å². The maximum absolute atomic E-state index is 9.61. The first-order valence-electron chi connectivity index (χ1n) is 1.68. The molecule has 5 N–H and O–H groups in total. The number of carbonyl (C=O) groups is 1. The summed E-state index contributed by atoms with van der Waals surface area (Å²) in [6, 6.07) is 0. The van der Waals surface area contributed by atoms with Crippen molar-refractivity contribution in [2.24, 2.45) is 11.6 Å². The summed E-state index contributed by atoms with van der Waals surface area (Å²) in [4.78, 5) is 9.61. The number of allylic oxidation sites excluding steroid dienone is 1. The van der Waals surface area contributed by atoms with E-state index in [1.54, 1.807) is 0 Å². The van der Waals surface area contributed by atoms with Gasteiger partial charge in [-0.3, -0.25) is 10.6 Å². The Morgan fingerprint density at radius 1 is 1.71 bits per heavy atom. The van der Waals surface area contributed by atoms with Gasteiger partial charge in [0.1, 0.15) is 0 Å². The van der Waals surface area contributed by atoms with E-state index in [-0.39, 0.29) is 5.70 Å². The molecule has 0 saturated heterocycles. The maximum atomic E-state index is 9.61. The number of aldehydes is 1. The number of nitrogens with two attached hydrogens (primary N) is 2. The van der Waals surface area contributed by atoms with Gasteiger partial charge in [-0.15, -0.1) is 0 Å². The van der Waals surface area contributed by atoms with E-state index in [2.05, 4.69) is 5.43 Å². The summed E-state index contributed by atoms with van der Waals surface area (Å²) in [5, 5.41) is 0. The van der Waals surface area contributed by atoms with Crippen LogP contribution >= 0.6 is 0 Å². The van der Waals surface area contributed by atoms with Crippen LogP contribution in [0.5, 0.6) is 0 Å². The predicted octanol–water partition coefficient (Wildman–Crippen LogP) is -1.55. The smallest absolute Gasteiger partial charge is 0.167 e. The lowest BCUT2D eigenvalue weighted by molar-refractivity contribution is -0.105. The minimum absolute atomic E-state index is 0.0856. The molecule has 0 fully saturated rings. The van der Waals surface area contributed by atoms with Gasteiger partial charge < -0.3 is 11.2 Å². The van der Waals surface area contributed by atoms with Crippen LogP contribution in [0.3, 0.4) is 0 Å². The van der Waals surface area contributed by atoms with Gasteiger partial charge in [0.2, 0.25) is 0 Å². The molecule has 0 radical (unpaired) electrons. The first-order valence-corrected chi connectivity index (χ1v) is 1.68. The highest BCUT2D eigenvalue weighted by molar-refractivity contribution is 5.71. The Morgan fingerprint density at radius 2 is 2.29 bits per heavy atom. The lowest BCUT2D eigenvalue weighted by Gasteiger charge is -1.85. The number of hydrazine groups is 1. The highest BCUT2D eigenvalue weighted by Gasteiger charge is 1.76. The van der Waals surface area contributed by atoms with Crippen molar-refractivity contribution >= 4 is 6.29 Å². The van der Waals surface area contributed by atoms with Crippen molar-refractivity contribution in [1.82, 2.24) is 5.43 Å². The van der Waals surface area contributed by atoms with Crippen molar-refractivity contribution in [2.75, 3.05) is 0 Å². The van der Waals surface area contributed by atoms with Crippen LogP contribution in [-0.2, 0) is 4.79 Å². The highest BCUT2D eigenvalue weighted by Crippen LogP contribution is 1.65. The van der Waals surface area contributed by atoms with Gasteiger partial charge in [0, 0.05) is 6.20 Å². The van der Waals surface area contributed by atoms with E-state index in [1.165, 1.54) is 6.20 Å². The second-order valence-electron chi connectivity index (χ2n) is 0.929. The Labute approximate surface area is 41.1 Å². The first kappa shape index (κ1) is 5.97. The predicted molar refractivity (Wildman–Crippen MR) is 25.7 cm³/mol. The average molecular weight is 101 g/mol. The standard InChI is InChI=1S/C3H7N3O/c4-3(2-7)1-6-5/h1-2,6H,4-5H2/b3-1-. The molecule has 0 bridgehead atoms. The molecule has 0 aliphatic rings. The normalized spacial score (nSPS) is 10.7. The SMILES string of the molecule is NN/C=C(\N)C=O. The number of rotatable bonds is 2. The van der Waals surface area contributed by atoms with Crippen LogP contribution in [-0.4, -0.2) is 6.29 Å². The van der Waals surface area contributed by atoms with E-state index in [0.717, 1.165) is 0 Å². The monoisotopic (exact) mass is 101 g/mol. The molecule has 0 heterocycles. The summed E-state index contributed by atoms with van der Waals surface area (Å²) in [7, 11) is 0. The molecular formula is C3H7N3O. The Hall–Kier alpha value is -1.03. The Morgan fingerprint density at radius 3 is 2.43 bits per heavy atom. The van der Waals surface area contributed by atoms with Gasteiger partial charge in [-0.1, -0.05) is 0 Å². The van der Waals surface area contributed by atoms with E-state index in [4.69, 9.17) is 11.6 Å². The molecule has 0 aromatic carbocycles. The van der Waals surface area contributed by atoms with Crippen molar-refractivity contribution in [3.63, 3.8) is 0 Å². The molecule has 0 amide bonds. The van der Waals surface area contributed by atoms with Gasteiger partial charge in [0.25, 0.3) is 0 Å². The summed E-state index contributed by atoms with van der Waals surface area (Å²) in [5.74, 6) is 4.74. The summed E-state index contributed by atoms with van der Waals surface area (Å²) in [6.45, 7) is 0. The molecule has 0 aromatic heterocycles. The quantitative estimate of drug-likeness (QED) is 0.170. The van der Waals surface area contributed by atoms with Gasteiger partial charge >= 0.3 is 0 Å². The first-order chi connectivity index (χ1) is 3.31. The molecule has 0 aromatic rings. The third kappa shape index (κ3) is 2.78. The zero-order valence-electron chi connectivity index (χ0n) is 3.72. The lowest BCUT2D eigenvalue weighted by atomic mass is 10.6. The molecule has 7 heavy (non-hydrogen) atoms. The van der Waals surface area contributed by atoms with E-state index < -0.39 is 0 Å². The summed E-state index contributed by atoms with van der Waals surface area (Å²) >= 11 is 0. The summed E-state index contributed by atoms with van der Waals surface area (Å²) in [5.41, 5.74) is 7.12. The minimum atomic E-state index is 0.0856. The van der Waals surface area contributed by atoms with Crippen molar-refractivity contribution in [2.45, 2.75) is 0 Å². The van der Waals surface area contributed by atoms with E-state index in [0.29, 0.717) is 6.29 Å². The van der Waals surface area contributed by atoms with Crippen LogP contribution in [0.25, 0.3) is 0 Å². The van der Waals surface area contributed by atoms with E-state index in [1.807, 2.05) is 0 Å². The molecular weight excluding hydrogens is 94.1 g/mol. The second kappa shape index (κ2) is 3.17. The zero-order chi connectivity index (χ0) is 5.70. The van der Waals surface area contributed by atoms with Crippen LogP contribution in [0, 0.1) is 0 Å². The number of nitrogens with one attached hydrogen (secondary N) is 1. The number of hydrogen-bond acceptors (Lipinski definition) is 4. The van der Waals surface area contributed by atoms with Crippen LogP contribution in [0.4, 0.5) is 0 Å². The lowest BCUT2D eigenvalue weighted by Crippen LogP contribution is -2.16. The van der Waals surface area contributed by atoms with Gasteiger partial charge in [0.05, 0.1) is 5.70 Å². The Bertz CT molecular complexity index is 88.2. The zero-order valence-corrected chi connectivity index (χ0v) is 3.72. The van der Waals surface area contributed by atoms with Crippen LogP contribution in [0.1, 0.15) is 0 Å². The van der Waals surface area contributed by atoms with Crippen molar-refractivity contribution < 1.29 is 4.79 Å². The Kier molecular flexibility index (Phi) is 2.70. The number of carbonyl (C=O) groups excluding carboxylic acids is 1. The summed E-state index contributed by atoms with van der Waals surface area (Å²) < 4.78 is 0. The molecule has 0 aliphatic heterocycles. The maximum Gasteiger partial charge on any atom is 0.167 e. The molecule has 0 atom stereocenters. The van der Waals surface area contributed by atoms with E-state index in [9.17, 15) is 4.79 Å². The molecule has 4 nitrogen and oxygen atoms in total. The van der Waals surface area contributed by atoms with Gasteiger partial charge in [-0.25, -0.2) is 0 Å². The van der Waals surface area contributed by atoms with E-state index >= 15 is 0 Å². The Balaban J connectivity index is 3.49. The fraction of sp³-hybridized carbons (Fsp3) is 0. The molecule has 0 rings (SSSR count). The fourth-order valence-electron chi connectivity index (χ4n) is 0.130. The molecule has 4 heteroatoms. The average Bonchev–Trinajstić information content (AvgIpc) is 1.68. The van der Waals surface area contributed by atoms with Gasteiger partial charge in [0.15, 0.2) is 6.29 Å². The van der Waals surface area contributed by atoms with Crippen LogP contribution in [0.2, 0.25) is 0 Å². The third-order valence-corrected chi connectivity index (χ3v) is 0.386. The molecule has 0 unspecified atom stereocenters. The highest BCUT2D eigenvalue weighted by atomic mass is 16.1. The summed E-state index contributed by atoms with van der Waals surface area (Å²) in [6.07, 6.45) is 1.70. The van der Waals surface area contributed by atoms with Crippen LogP contribution < -0.4 is 17.0 Å². The minimum Gasteiger partial charge on any atom is -0.395 e. The number of hydrogen-bond donors (Lipinski definition) is 3. The molecule has 0 spiro atoms. The van der Waals surface area contributed by atoms with Gasteiger partial charge in [-0.05, 0) is 0 Å². The largest absolute Gasteiger partial charge is 0.395 e. The third-order valence-electron chi connectivity index (χ3n) is 0.386.